The van der Waals surface area contributed by atoms with Gasteiger partial charge in [0.2, 0.25) is 0 Å². The van der Waals surface area contributed by atoms with E-state index in [-0.39, 0.29) is 0 Å². The topological polar surface area (TPSA) is 50.1 Å². The lowest BCUT2D eigenvalue weighted by atomic mass is 9.83. The van der Waals surface area contributed by atoms with Crippen molar-refractivity contribution in [2.75, 3.05) is 6.54 Å². The molecule has 0 amide bonds. The molecule has 1 saturated heterocycles. The number of hydrogen-bond acceptors (Lipinski definition) is 3. The van der Waals surface area contributed by atoms with Crippen LogP contribution in [0.5, 0.6) is 0 Å². The van der Waals surface area contributed by atoms with Crippen molar-refractivity contribution in [3.63, 3.8) is 0 Å². The maximum absolute atomic E-state index is 5.92. The van der Waals surface area contributed by atoms with Crippen molar-refractivity contribution in [3.05, 3.63) is 35.4 Å². The van der Waals surface area contributed by atoms with E-state index >= 15 is 0 Å². The second-order valence-electron chi connectivity index (χ2n) is 6.46. The molecule has 3 atom stereocenters. The van der Waals surface area contributed by atoms with Crippen LogP contribution in [-0.4, -0.2) is 12.6 Å². The minimum Gasteiger partial charge on any atom is -0.330 e. The first kappa shape index (κ1) is 14.1. The molecule has 0 aromatic heterocycles. The molecule has 3 rings (SSSR count). The molecule has 2 aliphatic rings. The van der Waals surface area contributed by atoms with Crippen molar-refractivity contribution < 1.29 is 0 Å². The predicted molar refractivity (Wildman–Crippen MR) is 83.3 cm³/mol. The molecule has 1 aliphatic heterocycles. The molecular weight excluding hydrogens is 246 g/mol. The smallest absolute Gasteiger partial charge is 0.0517 e. The fourth-order valence-electron chi connectivity index (χ4n) is 3.81. The second-order valence-corrected chi connectivity index (χ2v) is 6.46. The third-order valence-corrected chi connectivity index (χ3v) is 5.18. The number of nitrogens with two attached hydrogens (primary N) is 1. The first-order chi connectivity index (χ1) is 9.79. The predicted octanol–water partition coefficient (Wildman–Crippen LogP) is 2.85. The molecule has 3 nitrogen and oxygen atoms in total. The zero-order valence-electron chi connectivity index (χ0n) is 12.4. The monoisotopic (exact) mass is 273 g/mol. The Balaban J connectivity index is 1.72. The van der Waals surface area contributed by atoms with E-state index in [9.17, 15) is 0 Å². The zero-order chi connectivity index (χ0) is 13.9. The van der Waals surface area contributed by atoms with E-state index < -0.39 is 0 Å². The number of hydrazine groups is 1. The molecule has 1 heterocycles. The number of nitrogens with one attached hydrogen (secondary N) is 2. The summed E-state index contributed by atoms with van der Waals surface area (Å²) in [6.45, 7) is 2.91. The van der Waals surface area contributed by atoms with E-state index in [4.69, 9.17) is 5.73 Å². The van der Waals surface area contributed by atoms with E-state index in [0.717, 1.165) is 12.5 Å². The maximum atomic E-state index is 5.92. The summed E-state index contributed by atoms with van der Waals surface area (Å²) in [4.78, 5) is 0. The van der Waals surface area contributed by atoms with Gasteiger partial charge in [-0.05, 0) is 43.4 Å². The van der Waals surface area contributed by atoms with Gasteiger partial charge in [-0.15, -0.1) is 0 Å². The third-order valence-electron chi connectivity index (χ3n) is 5.18. The lowest BCUT2D eigenvalue weighted by Gasteiger charge is -2.23. The summed E-state index contributed by atoms with van der Waals surface area (Å²) in [5, 5.41) is 0. The number of hydrogen-bond donors (Lipinski definition) is 3. The summed E-state index contributed by atoms with van der Waals surface area (Å²) < 4.78 is 0. The number of rotatable bonds is 3. The SMILES string of the molecule is CC1NNC(c2ccc(C3CCCCC3)cc2)C1CN. The average molecular weight is 273 g/mol. The van der Waals surface area contributed by atoms with E-state index in [0.29, 0.717) is 18.0 Å². The van der Waals surface area contributed by atoms with Crippen LogP contribution in [0.15, 0.2) is 24.3 Å². The third kappa shape index (κ3) is 2.76. The Hall–Kier alpha value is -0.900. The van der Waals surface area contributed by atoms with Crippen molar-refractivity contribution >= 4 is 0 Å². The van der Waals surface area contributed by atoms with E-state index in [1.807, 2.05) is 0 Å². The van der Waals surface area contributed by atoms with Crippen LogP contribution in [0.2, 0.25) is 0 Å². The minimum absolute atomic E-state index is 0.343. The Labute approximate surface area is 122 Å². The molecule has 3 unspecified atom stereocenters. The Morgan fingerprint density at radius 1 is 1.00 bits per heavy atom. The quantitative estimate of drug-likeness (QED) is 0.793. The molecule has 1 aliphatic carbocycles. The molecule has 0 spiro atoms. The van der Waals surface area contributed by atoms with Crippen molar-refractivity contribution in [1.82, 2.24) is 10.9 Å². The zero-order valence-corrected chi connectivity index (χ0v) is 12.4. The highest BCUT2D eigenvalue weighted by Gasteiger charge is 2.32. The van der Waals surface area contributed by atoms with Crippen molar-refractivity contribution in [3.8, 4) is 0 Å². The van der Waals surface area contributed by atoms with Crippen molar-refractivity contribution in [2.45, 2.75) is 57.0 Å². The first-order valence-electron chi connectivity index (χ1n) is 8.10. The fraction of sp³-hybridized carbons (Fsp3) is 0.647. The van der Waals surface area contributed by atoms with Gasteiger partial charge in [0, 0.05) is 12.0 Å². The molecule has 0 bridgehead atoms. The molecule has 2 fully saturated rings. The molecule has 110 valence electrons. The highest BCUT2D eigenvalue weighted by atomic mass is 15.4. The van der Waals surface area contributed by atoms with Crippen LogP contribution in [0.3, 0.4) is 0 Å². The van der Waals surface area contributed by atoms with Gasteiger partial charge >= 0.3 is 0 Å². The maximum Gasteiger partial charge on any atom is 0.0517 e. The standard InChI is InChI=1S/C17H27N3/c1-12-16(11-18)17(20-19-12)15-9-7-14(8-10-15)13-5-3-2-4-6-13/h7-10,12-13,16-17,19-20H,2-6,11,18H2,1H3. The van der Waals surface area contributed by atoms with Gasteiger partial charge in [-0.25, -0.2) is 5.43 Å². The van der Waals surface area contributed by atoms with Gasteiger partial charge in [0.25, 0.3) is 0 Å². The van der Waals surface area contributed by atoms with Gasteiger partial charge in [0.15, 0.2) is 0 Å². The molecule has 4 N–H and O–H groups in total. The summed E-state index contributed by atoms with van der Waals surface area (Å²) in [6.07, 6.45) is 6.94. The molecular formula is C17H27N3. The molecule has 1 aromatic rings. The molecule has 1 saturated carbocycles. The Morgan fingerprint density at radius 2 is 1.65 bits per heavy atom. The summed E-state index contributed by atoms with van der Waals surface area (Å²) in [7, 11) is 0. The van der Waals surface area contributed by atoms with Crippen molar-refractivity contribution in [2.24, 2.45) is 11.7 Å². The number of benzene rings is 1. The minimum atomic E-state index is 0.343. The summed E-state index contributed by atoms with van der Waals surface area (Å²) in [6, 6.07) is 10.0. The van der Waals surface area contributed by atoms with Crippen LogP contribution in [-0.2, 0) is 0 Å². The van der Waals surface area contributed by atoms with Gasteiger partial charge in [-0.1, -0.05) is 43.5 Å². The van der Waals surface area contributed by atoms with Crippen LogP contribution in [0.1, 0.15) is 62.1 Å². The van der Waals surface area contributed by atoms with E-state index in [1.165, 1.54) is 43.2 Å². The molecule has 3 heteroatoms. The molecule has 20 heavy (non-hydrogen) atoms. The molecule has 0 radical (unpaired) electrons. The summed E-state index contributed by atoms with van der Waals surface area (Å²) >= 11 is 0. The van der Waals surface area contributed by atoms with E-state index in [1.54, 1.807) is 0 Å². The van der Waals surface area contributed by atoms with Crippen LogP contribution < -0.4 is 16.6 Å². The Bertz CT molecular complexity index is 422. The highest BCUT2D eigenvalue weighted by molar-refractivity contribution is 5.29. The van der Waals surface area contributed by atoms with E-state index in [2.05, 4.69) is 42.0 Å². The normalized spacial score (nSPS) is 31.6. The van der Waals surface area contributed by atoms with Gasteiger partial charge in [0.1, 0.15) is 0 Å². The van der Waals surface area contributed by atoms with Crippen LogP contribution in [0.25, 0.3) is 0 Å². The molecule has 1 aromatic carbocycles. The Kier molecular flexibility index (Phi) is 4.39. The van der Waals surface area contributed by atoms with Crippen LogP contribution in [0.4, 0.5) is 0 Å². The van der Waals surface area contributed by atoms with Gasteiger partial charge in [0.05, 0.1) is 6.04 Å². The lowest BCUT2D eigenvalue weighted by Crippen LogP contribution is -2.30. The average Bonchev–Trinajstić information content (AvgIpc) is 2.89. The van der Waals surface area contributed by atoms with Gasteiger partial charge in [-0.3, -0.25) is 5.43 Å². The van der Waals surface area contributed by atoms with Crippen LogP contribution in [0, 0.1) is 5.92 Å². The first-order valence-corrected chi connectivity index (χ1v) is 8.10. The second kappa shape index (κ2) is 6.25. The fourth-order valence-corrected chi connectivity index (χ4v) is 3.81. The summed E-state index contributed by atoms with van der Waals surface area (Å²) in [5.74, 6) is 1.26. The lowest BCUT2D eigenvalue weighted by molar-refractivity contribution is 0.439. The van der Waals surface area contributed by atoms with Crippen molar-refractivity contribution in [1.29, 1.82) is 0 Å². The highest BCUT2D eigenvalue weighted by Crippen LogP contribution is 2.34. The summed E-state index contributed by atoms with van der Waals surface area (Å²) in [5.41, 5.74) is 15.5. The largest absolute Gasteiger partial charge is 0.330 e. The van der Waals surface area contributed by atoms with Crippen LogP contribution >= 0.6 is 0 Å². The Morgan fingerprint density at radius 3 is 2.30 bits per heavy atom. The van der Waals surface area contributed by atoms with Gasteiger partial charge < -0.3 is 5.73 Å². The van der Waals surface area contributed by atoms with Gasteiger partial charge in [-0.2, -0.15) is 0 Å².